The van der Waals surface area contributed by atoms with Crippen molar-refractivity contribution < 1.29 is 9.53 Å². The lowest BCUT2D eigenvalue weighted by molar-refractivity contribution is 0.00695. The Kier molecular flexibility index (Phi) is 3.74. The van der Waals surface area contributed by atoms with Crippen LogP contribution in [0.2, 0.25) is 0 Å². The van der Waals surface area contributed by atoms with Crippen LogP contribution in [0.3, 0.4) is 0 Å². The maximum atomic E-state index is 11.7. The molecule has 0 aliphatic heterocycles. The SMILES string of the molecule is CC(C)c1ccc(C(=O)OC(C)(C)C)cc1. The van der Waals surface area contributed by atoms with Crippen molar-refractivity contribution in [3.8, 4) is 0 Å². The molecule has 1 aromatic carbocycles. The van der Waals surface area contributed by atoms with Gasteiger partial charge in [-0.3, -0.25) is 0 Å². The third-order valence-corrected chi connectivity index (χ3v) is 2.21. The quantitative estimate of drug-likeness (QED) is 0.709. The zero-order valence-corrected chi connectivity index (χ0v) is 10.7. The normalized spacial score (nSPS) is 11.6. The van der Waals surface area contributed by atoms with Gasteiger partial charge in [-0.25, -0.2) is 4.79 Å². The third-order valence-electron chi connectivity index (χ3n) is 2.21. The fourth-order valence-electron chi connectivity index (χ4n) is 1.34. The summed E-state index contributed by atoms with van der Waals surface area (Å²) >= 11 is 0. The van der Waals surface area contributed by atoms with Crippen LogP contribution in [0.5, 0.6) is 0 Å². The molecule has 0 atom stereocenters. The van der Waals surface area contributed by atoms with Crippen molar-refractivity contribution in [2.75, 3.05) is 0 Å². The molecule has 2 heteroatoms. The van der Waals surface area contributed by atoms with Gasteiger partial charge in [0.05, 0.1) is 5.56 Å². The summed E-state index contributed by atoms with van der Waals surface area (Å²) < 4.78 is 5.29. The summed E-state index contributed by atoms with van der Waals surface area (Å²) in [5.74, 6) is 0.218. The van der Waals surface area contributed by atoms with E-state index in [9.17, 15) is 4.79 Å². The summed E-state index contributed by atoms with van der Waals surface area (Å²) in [4.78, 5) is 11.7. The van der Waals surface area contributed by atoms with Gasteiger partial charge in [-0.05, 0) is 44.4 Å². The van der Waals surface area contributed by atoms with Crippen LogP contribution in [-0.2, 0) is 4.74 Å². The van der Waals surface area contributed by atoms with Crippen LogP contribution in [-0.4, -0.2) is 11.6 Å². The Morgan fingerprint density at radius 1 is 1.12 bits per heavy atom. The molecule has 1 aromatic rings. The van der Waals surface area contributed by atoms with Gasteiger partial charge in [-0.2, -0.15) is 0 Å². The van der Waals surface area contributed by atoms with E-state index < -0.39 is 5.60 Å². The van der Waals surface area contributed by atoms with Crippen molar-refractivity contribution in [1.29, 1.82) is 0 Å². The largest absolute Gasteiger partial charge is 0.456 e. The van der Waals surface area contributed by atoms with Crippen molar-refractivity contribution in [2.45, 2.75) is 46.1 Å². The average Bonchev–Trinajstić information content (AvgIpc) is 2.15. The lowest BCUT2D eigenvalue weighted by atomic mass is 10.0. The van der Waals surface area contributed by atoms with E-state index in [0.717, 1.165) is 0 Å². The summed E-state index contributed by atoms with van der Waals surface area (Å²) in [6.07, 6.45) is 0. The van der Waals surface area contributed by atoms with Crippen LogP contribution in [0.1, 0.15) is 56.5 Å². The second-order valence-electron chi connectivity index (χ2n) is 5.28. The molecule has 0 heterocycles. The van der Waals surface area contributed by atoms with Gasteiger partial charge in [0, 0.05) is 0 Å². The highest BCUT2D eigenvalue weighted by Crippen LogP contribution is 2.17. The van der Waals surface area contributed by atoms with Crippen molar-refractivity contribution in [3.05, 3.63) is 35.4 Å². The first-order chi connectivity index (χ1) is 7.29. The highest BCUT2D eigenvalue weighted by atomic mass is 16.6. The monoisotopic (exact) mass is 220 g/mol. The van der Waals surface area contributed by atoms with Gasteiger partial charge in [0.25, 0.3) is 0 Å². The molecular formula is C14H20O2. The molecule has 2 nitrogen and oxygen atoms in total. The molecule has 0 aliphatic rings. The van der Waals surface area contributed by atoms with Gasteiger partial charge in [-0.15, -0.1) is 0 Å². The number of carbonyl (C=O) groups is 1. The van der Waals surface area contributed by atoms with Crippen molar-refractivity contribution in [3.63, 3.8) is 0 Å². The summed E-state index contributed by atoms with van der Waals surface area (Å²) in [7, 11) is 0. The van der Waals surface area contributed by atoms with E-state index in [0.29, 0.717) is 11.5 Å². The van der Waals surface area contributed by atoms with Crippen molar-refractivity contribution >= 4 is 5.97 Å². The van der Waals surface area contributed by atoms with E-state index >= 15 is 0 Å². The number of rotatable bonds is 2. The topological polar surface area (TPSA) is 26.3 Å². The zero-order valence-electron chi connectivity index (χ0n) is 10.7. The highest BCUT2D eigenvalue weighted by molar-refractivity contribution is 5.89. The smallest absolute Gasteiger partial charge is 0.338 e. The van der Waals surface area contributed by atoms with E-state index in [1.807, 2.05) is 45.0 Å². The molecule has 0 radical (unpaired) electrons. The molecule has 0 saturated carbocycles. The average molecular weight is 220 g/mol. The Balaban J connectivity index is 2.78. The number of hydrogen-bond acceptors (Lipinski definition) is 2. The standard InChI is InChI=1S/C14H20O2/c1-10(2)11-6-8-12(9-7-11)13(15)16-14(3,4)5/h6-10H,1-5H3. The molecule has 0 N–H and O–H groups in total. The maximum absolute atomic E-state index is 11.7. The molecule has 0 spiro atoms. The first-order valence-electron chi connectivity index (χ1n) is 5.63. The summed E-state index contributed by atoms with van der Waals surface area (Å²) in [5.41, 5.74) is 1.40. The number of esters is 1. The minimum atomic E-state index is -0.437. The number of benzene rings is 1. The fourth-order valence-corrected chi connectivity index (χ4v) is 1.34. The lowest BCUT2D eigenvalue weighted by Gasteiger charge is -2.19. The van der Waals surface area contributed by atoms with Crippen LogP contribution in [0.15, 0.2) is 24.3 Å². The summed E-state index contributed by atoms with van der Waals surface area (Å²) in [6.45, 7) is 9.86. The van der Waals surface area contributed by atoms with E-state index in [2.05, 4.69) is 13.8 Å². The van der Waals surface area contributed by atoms with Crippen LogP contribution in [0, 0.1) is 0 Å². The number of ether oxygens (including phenoxy) is 1. The molecule has 0 fully saturated rings. The van der Waals surface area contributed by atoms with Crippen LogP contribution < -0.4 is 0 Å². The van der Waals surface area contributed by atoms with Gasteiger partial charge >= 0.3 is 5.97 Å². The van der Waals surface area contributed by atoms with Gasteiger partial charge in [0.1, 0.15) is 5.60 Å². The first kappa shape index (κ1) is 12.8. The Labute approximate surface area is 97.6 Å². The Morgan fingerprint density at radius 2 is 1.62 bits per heavy atom. The number of carbonyl (C=O) groups excluding carboxylic acids is 1. The van der Waals surface area contributed by atoms with Gasteiger partial charge < -0.3 is 4.74 Å². The second-order valence-corrected chi connectivity index (χ2v) is 5.28. The maximum Gasteiger partial charge on any atom is 0.338 e. The van der Waals surface area contributed by atoms with E-state index in [1.54, 1.807) is 0 Å². The molecular weight excluding hydrogens is 200 g/mol. The Hall–Kier alpha value is -1.31. The van der Waals surface area contributed by atoms with Crippen LogP contribution in [0.25, 0.3) is 0 Å². The van der Waals surface area contributed by atoms with E-state index in [1.165, 1.54) is 5.56 Å². The predicted octanol–water partition coefficient (Wildman–Crippen LogP) is 3.77. The first-order valence-corrected chi connectivity index (χ1v) is 5.63. The predicted molar refractivity (Wildman–Crippen MR) is 65.7 cm³/mol. The van der Waals surface area contributed by atoms with Crippen LogP contribution in [0.4, 0.5) is 0 Å². The lowest BCUT2D eigenvalue weighted by Crippen LogP contribution is -2.23. The Morgan fingerprint density at radius 3 is 2.00 bits per heavy atom. The number of hydrogen-bond donors (Lipinski definition) is 0. The zero-order chi connectivity index (χ0) is 12.3. The molecule has 0 amide bonds. The fraction of sp³-hybridized carbons (Fsp3) is 0.500. The third kappa shape index (κ3) is 3.69. The summed E-state index contributed by atoms with van der Waals surface area (Å²) in [5, 5.41) is 0. The van der Waals surface area contributed by atoms with Gasteiger partial charge in [0.2, 0.25) is 0 Å². The molecule has 0 saturated heterocycles. The minimum absolute atomic E-state index is 0.261. The van der Waals surface area contributed by atoms with E-state index in [4.69, 9.17) is 4.74 Å². The molecule has 88 valence electrons. The Bertz CT molecular complexity index is 355. The molecule has 0 aliphatic carbocycles. The molecule has 1 rings (SSSR count). The molecule has 16 heavy (non-hydrogen) atoms. The van der Waals surface area contributed by atoms with Crippen molar-refractivity contribution in [1.82, 2.24) is 0 Å². The second kappa shape index (κ2) is 4.69. The molecule has 0 unspecified atom stereocenters. The van der Waals surface area contributed by atoms with E-state index in [-0.39, 0.29) is 5.97 Å². The molecule has 0 bridgehead atoms. The van der Waals surface area contributed by atoms with Crippen molar-refractivity contribution in [2.24, 2.45) is 0 Å². The highest BCUT2D eigenvalue weighted by Gasteiger charge is 2.17. The molecule has 0 aromatic heterocycles. The minimum Gasteiger partial charge on any atom is -0.456 e. The summed E-state index contributed by atoms with van der Waals surface area (Å²) in [6, 6.07) is 7.60. The van der Waals surface area contributed by atoms with Gasteiger partial charge in [-0.1, -0.05) is 26.0 Å². The van der Waals surface area contributed by atoms with Crippen LogP contribution >= 0.6 is 0 Å². The van der Waals surface area contributed by atoms with Gasteiger partial charge in [0.15, 0.2) is 0 Å².